The van der Waals surface area contributed by atoms with Gasteiger partial charge in [0.15, 0.2) is 0 Å². The standard InChI is InChI=1S/C20H23N3O2/c1-25-19-7-6-16(12-21-19)20(24)23-11-9-18(14-23)22-10-8-15-4-2-3-5-17(15)13-22/h2-7,12,18H,8-11,13-14H2,1H3. The molecule has 1 amide bonds. The van der Waals surface area contributed by atoms with E-state index in [0.29, 0.717) is 17.5 Å². The number of pyridine rings is 1. The van der Waals surface area contributed by atoms with Gasteiger partial charge in [-0.2, -0.15) is 0 Å². The van der Waals surface area contributed by atoms with Gasteiger partial charge in [0.05, 0.1) is 12.7 Å². The maximum absolute atomic E-state index is 12.7. The molecular weight excluding hydrogens is 314 g/mol. The fraction of sp³-hybridized carbons (Fsp3) is 0.400. The molecule has 0 saturated carbocycles. The van der Waals surface area contributed by atoms with Gasteiger partial charge in [0.1, 0.15) is 0 Å². The van der Waals surface area contributed by atoms with Crippen molar-refractivity contribution in [3.8, 4) is 5.88 Å². The van der Waals surface area contributed by atoms with Gasteiger partial charge in [-0.3, -0.25) is 9.69 Å². The SMILES string of the molecule is COc1ccc(C(=O)N2CCC(N3CCc4ccccc4C3)C2)cn1. The topological polar surface area (TPSA) is 45.7 Å². The first-order valence-corrected chi connectivity index (χ1v) is 8.85. The maximum Gasteiger partial charge on any atom is 0.255 e. The van der Waals surface area contributed by atoms with Crippen LogP contribution in [0, 0.1) is 0 Å². The highest BCUT2D eigenvalue weighted by Gasteiger charge is 2.32. The summed E-state index contributed by atoms with van der Waals surface area (Å²) in [6.45, 7) is 3.68. The molecule has 5 heteroatoms. The summed E-state index contributed by atoms with van der Waals surface area (Å²) in [6.07, 6.45) is 3.74. The number of nitrogens with zero attached hydrogens (tertiary/aromatic N) is 3. The van der Waals surface area contributed by atoms with E-state index in [0.717, 1.165) is 39.0 Å². The summed E-state index contributed by atoms with van der Waals surface area (Å²) in [5.41, 5.74) is 3.53. The minimum absolute atomic E-state index is 0.0649. The van der Waals surface area contributed by atoms with E-state index in [-0.39, 0.29) is 5.91 Å². The van der Waals surface area contributed by atoms with Crippen molar-refractivity contribution in [2.45, 2.75) is 25.4 Å². The van der Waals surface area contributed by atoms with Crippen LogP contribution in [-0.2, 0) is 13.0 Å². The maximum atomic E-state index is 12.7. The summed E-state index contributed by atoms with van der Waals surface area (Å²) in [7, 11) is 1.58. The number of ether oxygens (including phenoxy) is 1. The molecule has 0 spiro atoms. The van der Waals surface area contributed by atoms with Crippen LogP contribution in [0.1, 0.15) is 27.9 Å². The van der Waals surface area contributed by atoms with Crippen LogP contribution < -0.4 is 4.74 Å². The molecule has 25 heavy (non-hydrogen) atoms. The van der Waals surface area contributed by atoms with E-state index in [1.165, 1.54) is 11.1 Å². The molecule has 1 unspecified atom stereocenters. The van der Waals surface area contributed by atoms with Crippen LogP contribution in [-0.4, -0.2) is 53.5 Å². The van der Waals surface area contributed by atoms with Crippen molar-refractivity contribution in [1.82, 2.24) is 14.8 Å². The molecule has 1 aromatic heterocycles. The van der Waals surface area contributed by atoms with Crippen molar-refractivity contribution in [2.75, 3.05) is 26.7 Å². The van der Waals surface area contributed by atoms with Gasteiger partial charge in [0.2, 0.25) is 5.88 Å². The normalized spacial score (nSPS) is 20.4. The molecule has 1 aromatic carbocycles. The Morgan fingerprint density at radius 3 is 2.76 bits per heavy atom. The molecule has 0 aliphatic carbocycles. The second-order valence-corrected chi connectivity index (χ2v) is 6.77. The van der Waals surface area contributed by atoms with Gasteiger partial charge < -0.3 is 9.64 Å². The van der Waals surface area contributed by atoms with Crippen LogP contribution in [0.15, 0.2) is 42.6 Å². The predicted molar refractivity (Wildman–Crippen MR) is 95.7 cm³/mol. The Balaban J connectivity index is 1.40. The molecule has 0 bridgehead atoms. The van der Waals surface area contributed by atoms with E-state index in [9.17, 15) is 4.79 Å². The minimum atomic E-state index is 0.0649. The third-order valence-electron chi connectivity index (χ3n) is 5.32. The Morgan fingerprint density at radius 1 is 1.16 bits per heavy atom. The van der Waals surface area contributed by atoms with E-state index < -0.39 is 0 Å². The van der Waals surface area contributed by atoms with Gasteiger partial charge in [0.25, 0.3) is 5.91 Å². The lowest BCUT2D eigenvalue weighted by molar-refractivity contribution is 0.0773. The van der Waals surface area contributed by atoms with E-state index in [4.69, 9.17) is 4.74 Å². The Labute approximate surface area is 148 Å². The number of amides is 1. The van der Waals surface area contributed by atoms with Crippen molar-refractivity contribution < 1.29 is 9.53 Å². The Hall–Kier alpha value is -2.40. The van der Waals surface area contributed by atoms with E-state index in [1.54, 1.807) is 25.4 Å². The summed E-state index contributed by atoms with van der Waals surface area (Å²) in [5, 5.41) is 0. The van der Waals surface area contributed by atoms with E-state index in [2.05, 4.69) is 34.1 Å². The number of methoxy groups -OCH3 is 1. The van der Waals surface area contributed by atoms with Crippen molar-refractivity contribution >= 4 is 5.91 Å². The van der Waals surface area contributed by atoms with Gasteiger partial charge in [-0.05, 0) is 30.0 Å². The molecule has 3 heterocycles. The number of hydrogen-bond acceptors (Lipinski definition) is 4. The zero-order chi connectivity index (χ0) is 17.2. The monoisotopic (exact) mass is 337 g/mol. The predicted octanol–water partition coefficient (Wildman–Crippen LogP) is 2.36. The summed E-state index contributed by atoms with van der Waals surface area (Å²) in [6, 6.07) is 12.7. The quantitative estimate of drug-likeness (QED) is 0.863. The number of carbonyl (C=O) groups excluding carboxylic acids is 1. The molecule has 130 valence electrons. The van der Waals surface area contributed by atoms with Crippen LogP contribution in [0.5, 0.6) is 5.88 Å². The Kier molecular flexibility index (Phi) is 4.40. The van der Waals surface area contributed by atoms with Crippen LogP contribution in [0.4, 0.5) is 0 Å². The van der Waals surface area contributed by atoms with Crippen molar-refractivity contribution in [3.63, 3.8) is 0 Å². The number of aromatic nitrogens is 1. The lowest BCUT2D eigenvalue weighted by atomic mass is 9.98. The first-order valence-electron chi connectivity index (χ1n) is 8.85. The zero-order valence-corrected chi connectivity index (χ0v) is 14.5. The average molecular weight is 337 g/mol. The molecule has 1 atom stereocenters. The molecule has 2 aliphatic rings. The largest absolute Gasteiger partial charge is 0.481 e. The first kappa shape index (κ1) is 16.1. The summed E-state index contributed by atoms with van der Waals surface area (Å²) in [5.74, 6) is 0.595. The number of benzene rings is 1. The highest BCUT2D eigenvalue weighted by molar-refractivity contribution is 5.94. The summed E-state index contributed by atoms with van der Waals surface area (Å²) >= 11 is 0. The lowest BCUT2D eigenvalue weighted by Gasteiger charge is -2.33. The summed E-state index contributed by atoms with van der Waals surface area (Å²) in [4.78, 5) is 21.3. The molecule has 2 aromatic rings. The highest BCUT2D eigenvalue weighted by atomic mass is 16.5. The van der Waals surface area contributed by atoms with Crippen LogP contribution in [0.2, 0.25) is 0 Å². The third kappa shape index (κ3) is 3.24. The highest BCUT2D eigenvalue weighted by Crippen LogP contribution is 2.25. The Morgan fingerprint density at radius 2 is 2.00 bits per heavy atom. The molecular formula is C20H23N3O2. The number of fused-ring (bicyclic) bond motifs is 1. The van der Waals surface area contributed by atoms with Gasteiger partial charge in [-0.15, -0.1) is 0 Å². The second kappa shape index (κ2) is 6.84. The molecule has 0 N–H and O–H groups in total. The number of hydrogen-bond donors (Lipinski definition) is 0. The van der Waals surface area contributed by atoms with Crippen LogP contribution in [0.25, 0.3) is 0 Å². The molecule has 0 radical (unpaired) electrons. The molecule has 5 nitrogen and oxygen atoms in total. The number of rotatable bonds is 3. The van der Waals surface area contributed by atoms with Crippen LogP contribution >= 0.6 is 0 Å². The first-order chi connectivity index (χ1) is 12.2. The van der Waals surface area contributed by atoms with Gasteiger partial charge in [-0.25, -0.2) is 4.98 Å². The molecule has 2 aliphatic heterocycles. The van der Waals surface area contributed by atoms with Gasteiger partial charge in [0, 0.05) is 44.5 Å². The third-order valence-corrected chi connectivity index (χ3v) is 5.32. The van der Waals surface area contributed by atoms with E-state index in [1.807, 2.05) is 4.90 Å². The molecule has 4 rings (SSSR count). The smallest absolute Gasteiger partial charge is 0.255 e. The van der Waals surface area contributed by atoms with Crippen LogP contribution in [0.3, 0.4) is 0 Å². The second-order valence-electron chi connectivity index (χ2n) is 6.77. The van der Waals surface area contributed by atoms with E-state index >= 15 is 0 Å². The molecule has 1 saturated heterocycles. The van der Waals surface area contributed by atoms with Gasteiger partial charge >= 0.3 is 0 Å². The fourth-order valence-corrected chi connectivity index (χ4v) is 3.86. The van der Waals surface area contributed by atoms with Gasteiger partial charge in [-0.1, -0.05) is 24.3 Å². The van der Waals surface area contributed by atoms with Crippen molar-refractivity contribution in [1.29, 1.82) is 0 Å². The average Bonchev–Trinajstić information content (AvgIpc) is 3.17. The van der Waals surface area contributed by atoms with Crippen molar-refractivity contribution in [3.05, 3.63) is 59.3 Å². The Bertz CT molecular complexity index is 760. The summed E-state index contributed by atoms with van der Waals surface area (Å²) < 4.78 is 5.06. The number of likely N-dealkylation sites (tertiary alicyclic amines) is 1. The number of carbonyl (C=O) groups is 1. The zero-order valence-electron chi connectivity index (χ0n) is 14.5. The van der Waals surface area contributed by atoms with Crippen molar-refractivity contribution in [2.24, 2.45) is 0 Å². The minimum Gasteiger partial charge on any atom is -0.481 e. The fourth-order valence-electron chi connectivity index (χ4n) is 3.86. The lowest BCUT2D eigenvalue weighted by Crippen LogP contribution is -2.41. The molecule has 1 fully saturated rings.